The summed E-state index contributed by atoms with van der Waals surface area (Å²) in [6.07, 6.45) is 1.22. The minimum Gasteiger partial charge on any atom is -0.480 e. The fraction of sp³-hybridized carbons (Fsp3) is 0.115. The molecule has 1 amide bonds. The van der Waals surface area contributed by atoms with Gasteiger partial charge in [0.1, 0.15) is 18.2 Å². The molecule has 1 unspecified atom stereocenters. The number of benzene rings is 3. The summed E-state index contributed by atoms with van der Waals surface area (Å²) in [4.78, 5) is 31.6. The van der Waals surface area contributed by atoms with Crippen molar-refractivity contribution in [2.75, 3.05) is 0 Å². The molecule has 0 bridgehead atoms. The highest BCUT2D eigenvalue weighted by Gasteiger charge is 2.21. The molecular formula is C26H21N3O5. The number of ether oxygens (including phenoxy) is 1. The summed E-state index contributed by atoms with van der Waals surface area (Å²) >= 11 is 0. The molecule has 0 aliphatic heterocycles. The van der Waals surface area contributed by atoms with Crippen molar-refractivity contribution in [2.45, 2.75) is 19.1 Å². The maximum atomic E-state index is 12.2. The van der Waals surface area contributed by atoms with Gasteiger partial charge in [-0.1, -0.05) is 42.5 Å². The summed E-state index contributed by atoms with van der Waals surface area (Å²) in [5.74, 6) is -0.629. The van der Waals surface area contributed by atoms with Crippen molar-refractivity contribution in [3.63, 3.8) is 0 Å². The number of aliphatic carboxylic acids is 1. The van der Waals surface area contributed by atoms with Gasteiger partial charge >= 0.3 is 12.1 Å². The number of carbonyl (C=O) groups excluding carboxylic acids is 1. The van der Waals surface area contributed by atoms with Gasteiger partial charge in [-0.3, -0.25) is 0 Å². The lowest BCUT2D eigenvalue weighted by Crippen LogP contribution is -2.42. The smallest absolute Gasteiger partial charge is 0.408 e. The Morgan fingerprint density at radius 2 is 1.88 bits per heavy atom. The fourth-order valence-corrected chi connectivity index (χ4v) is 3.83. The predicted molar refractivity (Wildman–Crippen MR) is 126 cm³/mol. The number of rotatable bonds is 7. The van der Waals surface area contributed by atoms with Crippen LogP contribution < -0.4 is 5.32 Å². The molecule has 5 aromatic rings. The Labute approximate surface area is 194 Å². The predicted octanol–water partition coefficient (Wildman–Crippen LogP) is 4.90. The van der Waals surface area contributed by atoms with Crippen LogP contribution in [0.15, 0.2) is 83.4 Å². The number of nitrogens with one attached hydrogen (secondary N) is 2. The van der Waals surface area contributed by atoms with Gasteiger partial charge in [0.25, 0.3) is 0 Å². The highest BCUT2D eigenvalue weighted by Crippen LogP contribution is 2.30. The second kappa shape index (κ2) is 9.11. The van der Waals surface area contributed by atoms with E-state index in [2.05, 4.69) is 15.3 Å². The van der Waals surface area contributed by atoms with E-state index in [1.54, 1.807) is 30.3 Å². The van der Waals surface area contributed by atoms with Gasteiger partial charge in [-0.05, 0) is 41.5 Å². The SMILES string of the molecule is O=C(NC(Cc1ccccc1)C(=O)O)OCc1ccc2oc(-c3cccc4[nH]ccc34)nc2c1. The first-order chi connectivity index (χ1) is 16.6. The largest absolute Gasteiger partial charge is 0.480 e. The zero-order valence-corrected chi connectivity index (χ0v) is 18.0. The van der Waals surface area contributed by atoms with Crippen LogP contribution in [0.25, 0.3) is 33.5 Å². The van der Waals surface area contributed by atoms with Crippen molar-refractivity contribution in [2.24, 2.45) is 0 Å². The monoisotopic (exact) mass is 455 g/mol. The Kier molecular flexibility index (Phi) is 5.70. The Hall–Kier alpha value is -4.59. The van der Waals surface area contributed by atoms with Crippen LogP contribution in [0.5, 0.6) is 0 Å². The van der Waals surface area contributed by atoms with E-state index in [0.29, 0.717) is 22.6 Å². The average Bonchev–Trinajstić information content (AvgIpc) is 3.49. The third kappa shape index (κ3) is 4.47. The van der Waals surface area contributed by atoms with Crippen molar-refractivity contribution < 1.29 is 23.8 Å². The molecule has 8 nitrogen and oxygen atoms in total. The van der Waals surface area contributed by atoms with Gasteiger partial charge in [0, 0.05) is 29.1 Å². The van der Waals surface area contributed by atoms with Crippen molar-refractivity contribution in [1.29, 1.82) is 0 Å². The number of amides is 1. The Morgan fingerprint density at radius 3 is 2.71 bits per heavy atom. The molecule has 0 spiro atoms. The number of carboxylic acids is 1. The topological polar surface area (TPSA) is 117 Å². The van der Waals surface area contributed by atoms with E-state index in [-0.39, 0.29) is 13.0 Å². The first-order valence-corrected chi connectivity index (χ1v) is 10.7. The summed E-state index contributed by atoms with van der Waals surface area (Å²) in [5, 5.41) is 12.9. The van der Waals surface area contributed by atoms with E-state index in [0.717, 1.165) is 22.0 Å². The molecule has 34 heavy (non-hydrogen) atoms. The molecular weight excluding hydrogens is 434 g/mol. The van der Waals surface area contributed by atoms with Crippen LogP contribution in [0.1, 0.15) is 11.1 Å². The molecule has 0 saturated carbocycles. The molecule has 0 aliphatic carbocycles. The van der Waals surface area contributed by atoms with E-state index in [1.165, 1.54) is 0 Å². The quantitative estimate of drug-likeness (QED) is 0.321. The number of carboxylic acid groups (broad SMARTS) is 1. The third-order valence-electron chi connectivity index (χ3n) is 5.52. The van der Waals surface area contributed by atoms with E-state index in [9.17, 15) is 14.7 Å². The molecule has 0 radical (unpaired) electrons. The molecule has 3 aromatic carbocycles. The minimum atomic E-state index is -1.13. The van der Waals surface area contributed by atoms with Gasteiger partial charge in [-0.25, -0.2) is 14.6 Å². The molecule has 0 saturated heterocycles. The van der Waals surface area contributed by atoms with E-state index < -0.39 is 18.1 Å². The van der Waals surface area contributed by atoms with Crippen molar-refractivity contribution in [3.05, 3.63) is 90.1 Å². The summed E-state index contributed by atoms with van der Waals surface area (Å²) in [6.45, 7) is -0.0327. The molecule has 170 valence electrons. The number of alkyl carbamates (subject to hydrolysis) is 1. The van der Waals surface area contributed by atoms with E-state index >= 15 is 0 Å². The summed E-state index contributed by atoms with van der Waals surface area (Å²) < 4.78 is 11.2. The summed E-state index contributed by atoms with van der Waals surface area (Å²) in [6, 6.07) is 21.2. The number of aromatic amines is 1. The molecule has 0 fully saturated rings. The Balaban J connectivity index is 1.26. The Morgan fingerprint density at radius 1 is 1.03 bits per heavy atom. The van der Waals surface area contributed by atoms with Crippen LogP contribution in [-0.4, -0.2) is 33.2 Å². The van der Waals surface area contributed by atoms with Gasteiger partial charge in [0.15, 0.2) is 5.58 Å². The van der Waals surface area contributed by atoms with Crippen LogP contribution in [0, 0.1) is 0 Å². The second-order valence-electron chi connectivity index (χ2n) is 7.87. The molecule has 2 aromatic heterocycles. The minimum absolute atomic E-state index is 0.0327. The number of hydrogen-bond donors (Lipinski definition) is 3. The molecule has 0 aliphatic rings. The highest BCUT2D eigenvalue weighted by atomic mass is 16.5. The zero-order chi connectivity index (χ0) is 23.5. The van der Waals surface area contributed by atoms with Crippen LogP contribution in [-0.2, 0) is 22.6 Å². The zero-order valence-electron chi connectivity index (χ0n) is 18.0. The average molecular weight is 455 g/mol. The maximum Gasteiger partial charge on any atom is 0.408 e. The van der Waals surface area contributed by atoms with Crippen LogP contribution in [0.4, 0.5) is 4.79 Å². The molecule has 2 heterocycles. The van der Waals surface area contributed by atoms with Gasteiger partial charge < -0.3 is 24.6 Å². The molecule has 8 heteroatoms. The maximum absolute atomic E-state index is 12.2. The standard InChI is InChI=1S/C26H21N3O5/c30-25(31)22(13-16-5-2-1-3-6-16)29-26(32)33-15-17-9-10-23-21(14-17)28-24(34-23)19-7-4-8-20-18(19)11-12-27-20/h1-12,14,22,27H,13,15H2,(H,29,32)(H,30,31). The van der Waals surface area contributed by atoms with E-state index in [4.69, 9.17) is 9.15 Å². The number of oxazole rings is 1. The van der Waals surface area contributed by atoms with Gasteiger partial charge in [0.2, 0.25) is 5.89 Å². The first kappa shape index (κ1) is 21.3. The number of hydrogen-bond acceptors (Lipinski definition) is 5. The normalized spacial score (nSPS) is 12.0. The highest BCUT2D eigenvalue weighted by molar-refractivity contribution is 5.94. The lowest BCUT2D eigenvalue weighted by atomic mass is 10.1. The number of nitrogens with zero attached hydrogens (tertiary/aromatic N) is 1. The molecule has 3 N–H and O–H groups in total. The second-order valence-corrected chi connectivity index (χ2v) is 7.87. The number of aromatic nitrogens is 2. The Bertz CT molecular complexity index is 1470. The van der Waals surface area contributed by atoms with Crippen LogP contribution >= 0.6 is 0 Å². The molecule has 5 rings (SSSR count). The molecule has 1 atom stereocenters. The lowest BCUT2D eigenvalue weighted by Gasteiger charge is -2.14. The third-order valence-corrected chi connectivity index (χ3v) is 5.52. The van der Waals surface area contributed by atoms with Crippen molar-refractivity contribution >= 4 is 34.1 Å². The van der Waals surface area contributed by atoms with Crippen LogP contribution in [0.2, 0.25) is 0 Å². The number of carbonyl (C=O) groups is 2. The van der Waals surface area contributed by atoms with Gasteiger partial charge in [-0.2, -0.15) is 0 Å². The number of H-pyrrole nitrogens is 1. The van der Waals surface area contributed by atoms with Crippen LogP contribution in [0.3, 0.4) is 0 Å². The van der Waals surface area contributed by atoms with Gasteiger partial charge in [0.05, 0.1) is 0 Å². The first-order valence-electron chi connectivity index (χ1n) is 10.7. The van der Waals surface area contributed by atoms with Crippen molar-refractivity contribution in [1.82, 2.24) is 15.3 Å². The summed E-state index contributed by atoms with van der Waals surface area (Å²) in [5.41, 5.74) is 4.63. The van der Waals surface area contributed by atoms with Crippen molar-refractivity contribution in [3.8, 4) is 11.5 Å². The summed E-state index contributed by atoms with van der Waals surface area (Å²) in [7, 11) is 0. The fourth-order valence-electron chi connectivity index (χ4n) is 3.83. The number of fused-ring (bicyclic) bond motifs is 2. The van der Waals surface area contributed by atoms with Gasteiger partial charge in [-0.15, -0.1) is 0 Å². The van der Waals surface area contributed by atoms with E-state index in [1.807, 2.05) is 48.7 Å². The lowest BCUT2D eigenvalue weighted by molar-refractivity contribution is -0.139.